The van der Waals surface area contributed by atoms with E-state index >= 15 is 0 Å². The molecular formula is C11H18O3. The van der Waals surface area contributed by atoms with Gasteiger partial charge in [-0.1, -0.05) is 12.2 Å². The summed E-state index contributed by atoms with van der Waals surface area (Å²) >= 11 is 0. The molecule has 0 unspecified atom stereocenters. The number of hydrogen-bond donors (Lipinski definition) is 0. The Bertz CT molecular complexity index is 227. The predicted octanol–water partition coefficient (Wildman–Crippen LogP) is 2.43. The summed E-state index contributed by atoms with van der Waals surface area (Å²) in [4.78, 5) is 11.3. The molecule has 0 saturated heterocycles. The van der Waals surface area contributed by atoms with Crippen LogP contribution in [0.5, 0.6) is 0 Å². The summed E-state index contributed by atoms with van der Waals surface area (Å²) in [5, 5.41) is 0. The standard InChI is InChI=1S/C11H18O3/c1-5-7-8-13-10(6-2)11(12)14-9(3)4/h5-7,9H,8H2,1-4H3/b7-5-,10-6+. The summed E-state index contributed by atoms with van der Waals surface area (Å²) in [5.41, 5.74) is 0. The van der Waals surface area contributed by atoms with E-state index in [2.05, 4.69) is 0 Å². The molecule has 0 aliphatic carbocycles. The molecule has 0 saturated carbocycles. The molecule has 0 aliphatic heterocycles. The number of carbonyl (C=O) groups is 1. The van der Waals surface area contributed by atoms with Crippen molar-refractivity contribution in [3.63, 3.8) is 0 Å². The van der Waals surface area contributed by atoms with Crippen LogP contribution in [0, 0.1) is 0 Å². The maximum absolute atomic E-state index is 11.3. The van der Waals surface area contributed by atoms with Crippen LogP contribution in [0.15, 0.2) is 24.0 Å². The van der Waals surface area contributed by atoms with E-state index in [1.165, 1.54) is 0 Å². The van der Waals surface area contributed by atoms with E-state index < -0.39 is 5.97 Å². The fourth-order valence-corrected chi connectivity index (χ4v) is 0.766. The third kappa shape index (κ3) is 5.41. The lowest BCUT2D eigenvalue weighted by atomic mass is 10.4. The molecule has 0 N–H and O–H groups in total. The monoisotopic (exact) mass is 198 g/mol. The number of esters is 1. The van der Waals surface area contributed by atoms with Crippen LogP contribution in [0.25, 0.3) is 0 Å². The zero-order valence-corrected chi connectivity index (χ0v) is 9.24. The van der Waals surface area contributed by atoms with E-state index in [-0.39, 0.29) is 11.9 Å². The molecule has 3 heteroatoms. The molecular weight excluding hydrogens is 180 g/mol. The molecule has 0 aromatic carbocycles. The van der Waals surface area contributed by atoms with Crippen LogP contribution < -0.4 is 0 Å². The summed E-state index contributed by atoms with van der Waals surface area (Å²) in [6.07, 6.45) is 5.17. The van der Waals surface area contributed by atoms with E-state index in [0.29, 0.717) is 6.61 Å². The Morgan fingerprint density at radius 3 is 2.43 bits per heavy atom. The van der Waals surface area contributed by atoms with E-state index in [1.807, 2.05) is 19.1 Å². The van der Waals surface area contributed by atoms with Gasteiger partial charge < -0.3 is 9.47 Å². The van der Waals surface area contributed by atoms with Crippen LogP contribution in [-0.4, -0.2) is 18.7 Å². The smallest absolute Gasteiger partial charge is 0.373 e. The van der Waals surface area contributed by atoms with Crippen molar-refractivity contribution in [2.45, 2.75) is 33.8 Å². The van der Waals surface area contributed by atoms with Crippen molar-refractivity contribution in [1.29, 1.82) is 0 Å². The number of hydrogen-bond acceptors (Lipinski definition) is 3. The molecule has 0 amide bonds. The van der Waals surface area contributed by atoms with Crippen LogP contribution in [0.3, 0.4) is 0 Å². The normalized spacial score (nSPS) is 12.2. The second kappa shape index (κ2) is 7.18. The third-order valence-electron chi connectivity index (χ3n) is 1.38. The SMILES string of the molecule is C/C=C\CO/C(=C/C)C(=O)OC(C)C. The zero-order chi connectivity index (χ0) is 11.0. The number of rotatable bonds is 5. The number of ether oxygens (including phenoxy) is 2. The summed E-state index contributed by atoms with van der Waals surface area (Å²) in [7, 11) is 0. The van der Waals surface area contributed by atoms with E-state index in [4.69, 9.17) is 9.47 Å². The maximum atomic E-state index is 11.3. The first-order valence-electron chi connectivity index (χ1n) is 4.73. The number of allylic oxidation sites excluding steroid dienone is 2. The van der Waals surface area contributed by atoms with Gasteiger partial charge in [0.05, 0.1) is 6.10 Å². The maximum Gasteiger partial charge on any atom is 0.373 e. The first kappa shape index (κ1) is 12.8. The van der Waals surface area contributed by atoms with Crippen LogP contribution in [0.1, 0.15) is 27.7 Å². The molecule has 0 aromatic heterocycles. The first-order valence-corrected chi connectivity index (χ1v) is 4.73. The highest BCUT2D eigenvalue weighted by Gasteiger charge is 2.12. The van der Waals surface area contributed by atoms with Gasteiger partial charge in [0.1, 0.15) is 6.61 Å². The van der Waals surface area contributed by atoms with Crippen molar-refractivity contribution < 1.29 is 14.3 Å². The zero-order valence-electron chi connectivity index (χ0n) is 9.24. The first-order chi connectivity index (χ1) is 6.61. The highest BCUT2D eigenvalue weighted by molar-refractivity contribution is 5.86. The van der Waals surface area contributed by atoms with E-state index in [1.54, 1.807) is 26.8 Å². The molecule has 0 bridgehead atoms. The van der Waals surface area contributed by atoms with Crippen molar-refractivity contribution in [1.82, 2.24) is 0 Å². The molecule has 0 spiro atoms. The predicted molar refractivity (Wildman–Crippen MR) is 55.8 cm³/mol. The molecule has 80 valence electrons. The van der Waals surface area contributed by atoms with Crippen molar-refractivity contribution >= 4 is 5.97 Å². The molecule has 0 aromatic rings. The van der Waals surface area contributed by atoms with Crippen LogP contribution in [0.2, 0.25) is 0 Å². The Hall–Kier alpha value is -1.25. The Labute approximate surface area is 85.4 Å². The van der Waals surface area contributed by atoms with Crippen LogP contribution in [0.4, 0.5) is 0 Å². The van der Waals surface area contributed by atoms with Crippen LogP contribution in [-0.2, 0) is 14.3 Å². The van der Waals surface area contributed by atoms with Crippen molar-refractivity contribution in [2.75, 3.05) is 6.61 Å². The minimum atomic E-state index is -0.410. The average molecular weight is 198 g/mol. The molecule has 3 nitrogen and oxygen atoms in total. The fourth-order valence-electron chi connectivity index (χ4n) is 0.766. The van der Waals surface area contributed by atoms with Gasteiger partial charge in [-0.05, 0) is 33.8 Å². The second-order valence-corrected chi connectivity index (χ2v) is 2.99. The third-order valence-corrected chi connectivity index (χ3v) is 1.38. The van der Waals surface area contributed by atoms with Crippen molar-refractivity contribution in [3.8, 4) is 0 Å². The fraction of sp³-hybridized carbons (Fsp3) is 0.545. The Morgan fingerprint density at radius 1 is 1.36 bits per heavy atom. The van der Waals surface area contributed by atoms with Gasteiger partial charge in [0, 0.05) is 0 Å². The highest BCUT2D eigenvalue weighted by Crippen LogP contribution is 2.03. The minimum Gasteiger partial charge on any atom is -0.483 e. The molecule has 0 radical (unpaired) electrons. The molecule has 0 fully saturated rings. The lowest BCUT2D eigenvalue weighted by Gasteiger charge is -2.10. The average Bonchev–Trinajstić information content (AvgIpc) is 2.11. The van der Waals surface area contributed by atoms with E-state index in [0.717, 1.165) is 0 Å². The van der Waals surface area contributed by atoms with Gasteiger partial charge in [-0.25, -0.2) is 4.79 Å². The lowest BCUT2D eigenvalue weighted by Crippen LogP contribution is -2.15. The van der Waals surface area contributed by atoms with Crippen molar-refractivity contribution in [2.24, 2.45) is 0 Å². The van der Waals surface area contributed by atoms with Crippen LogP contribution >= 0.6 is 0 Å². The molecule has 0 heterocycles. The Balaban J connectivity index is 4.08. The molecule has 14 heavy (non-hydrogen) atoms. The van der Waals surface area contributed by atoms with Gasteiger partial charge in [0.2, 0.25) is 5.76 Å². The molecule has 0 atom stereocenters. The van der Waals surface area contributed by atoms with Gasteiger partial charge in [-0.15, -0.1) is 0 Å². The molecule has 0 rings (SSSR count). The summed E-state index contributed by atoms with van der Waals surface area (Å²) in [6, 6.07) is 0. The summed E-state index contributed by atoms with van der Waals surface area (Å²) in [5.74, 6) is -0.149. The quantitative estimate of drug-likeness (QED) is 0.294. The van der Waals surface area contributed by atoms with Gasteiger partial charge >= 0.3 is 5.97 Å². The largest absolute Gasteiger partial charge is 0.483 e. The summed E-state index contributed by atoms with van der Waals surface area (Å²) in [6.45, 7) is 7.63. The highest BCUT2D eigenvalue weighted by atomic mass is 16.6. The molecule has 0 aliphatic rings. The lowest BCUT2D eigenvalue weighted by molar-refractivity contribution is -0.146. The number of carbonyl (C=O) groups excluding carboxylic acids is 1. The van der Waals surface area contributed by atoms with Gasteiger partial charge in [0.15, 0.2) is 0 Å². The minimum absolute atomic E-state index is 0.122. The van der Waals surface area contributed by atoms with Gasteiger partial charge in [-0.2, -0.15) is 0 Å². The Kier molecular flexibility index (Phi) is 6.54. The topological polar surface area (TPSA) is 35.5 Å². The summed E-state index contributed by atoms with van der Waals surface area (Å²) < 4.78 is 10.2. The van der Waals surface area contributed by atoms with Gasteiger partial charge in [0.25, 0.3) is 0 Å². The van der Waals surface area contributed by atoms with Gasteiger partial charge in [-0.3, -0.25) is 0 Å². The second-order valence-electron chi connectivity index (χ2n) is 2.99. The van der Waals surface area contributed by atoms with E-state index in [9.17, 15) is 4.79 Å². The van der Waals surface area contributed by atoms with Crippen molar-refractivity contribution in [3.05, 3.63) is 24.0 Å². The Morgan fingerprint density at radius 2 is 2.00 bits per heavy atom.